The van der Waals surface area contributed by atoms with Crippen LogP contribution >= 0.6 is 0 Å². The maximum Gasteiger partial charge on any atom is 0.261 e. The van der Waals surface area contributed by atoms with Gasteiger partial charge in [0.1, 0.15) is 5.75 Å². The van der Waals surface area contributed by atoms with Crippen LogP contribution in [0.4, 0.5) is 0 Å². The summed E-state index contributed by atoms with van der Waals surface area (Å²) in [5, 5.41) is 3.16. The molecule has 3 aromatic carbocycles. The van der Waals surface area contributed by atoms with Gasteiger partial charge in [-0.15, -0.1) is 0 Å². The molecule has 0 heterocycles. The molecule has 0 fully saturated rings. The number of carbonyl (C=O) groups is 1. The average Bonchev–Trinajstić information content (AvgIpc) is 2.73. The first-order chi connectivity index (χ1) is 14.2. The summed E-state index contributed by atoms with van der Waals surface area (Å²) >= 11 is 0. The number of carbonyl (C=O) groups excluding carboxylic acids is 1. The van der Waals surface area contributed by atoms with Crippen molar-refractivity contribution in [2.24, 2.45) is 0 Å². The van der Waals surface area contributed by atoms with Crippen LogP contribution < -0.4 is 10.1 Å². The zero-order valence-corrected chi connectivity index (χ0v) is 18.5. The summed E-state index contributed by atoms with van der Waals surface area (Å²) in [4.78, 5) is 13.0. The number of benzene rings is 3. The Bertz CT molecular complexity index is 954. The van der Waals surface area contributed by atoms with Gasteiger partial charge < -0.3 is 10.1 Å². The van der Waals surface area contributed by atoms with Gasteiger partial charge in [-0.05, 0) is 48.1 Å². The van der Waals surface area contributed by atoms with Gasteiger partial charge in [0.25, 0.3) is 5.91 Å². The Labute approximate surface area is 180 Å². The summed E-state index contributed by atoms with van der Waals surface area (Å²) in [6, 6.07) is 26.0. The molecule has 30 heavy (non-hydrogen) atoms. The Hall–Kier alpha value is -3.07. The Morgan fingerprint density at radius 3 is 1.97 bits per heavy atom. The van der Waals surface area contributed by atoms with Gasteiger partial charge in [-0.25, -0.2) is 0 Å². The van der Waals surface area contributed by atoms with Gasteiger partial charge in [-0.1, -0.05) is 93.1 Å². The zero-order chi connectivity index (χ0) is 21.7. The van der Waals surface area contributed by atoms with E-state index in [4.69, 9.17) is 4.74 Å². The molecule has 3 rings (SSSR count). The van der Waals surface area contributed by atoms with Crippen LogP contribution in [0.15, 0.2) is 78.9 Å². The summed E-state index contributed by atoms with van der Waals surface area (Å²) < 4.78 is 5.92. The number of ether oxygens (including phenoxy) is 1. The van der Waals surface area contributed by atoms with Crippen LogP contribution in [0.3, 0.4) is 0 Å². The van der Waals surface area contributed by atoms with Crippen molar-refractivity contribution in [3.8, 4) is 5.75 Å². The molecule has 156 valence electrons. The van der Waals surface area contributed by atoms with Crippen molar-refractivity contribution in [1.29, 1.82) is 0 Å². The van der Waals surface area contributed by atoms with Crippen molar-refractivity contribution < 1.29 is 9.53 Å². The van der Waals surface area contributed by atoms with Gasteiger partial charge in [0.05, 0.1) is 6.04 Å². The highest BCUT2D eigenvalue weighted by atomic mass is 16.5. The number of rotatable bonds is 6. The van der Waals surface area contributed by atoms with Crippen LogP contribution in [0, 0.1) is 6.92 Å². The first-order valence-corrected chi connectivity index (χ1v) is 10.4. The molecule has 0 aliphatic rings. The Balaban J connectivity index is 1.74. The molecule has 0 saturated heterocycles. The van der Waals surface area contributed by atoms with Gasteiger partial charge in [0.2, 0.25) is 0 Å². The van der Waals surface area contributed by atoms with Gasteiger partial charge in [0.15, 0.2) is 6.10 Å². The van der Waals surface area contributed by atoms with Crippen LogP contribution in [0.1, 0.15) is 56.0 Å². The lowest BCUT2D eigenvalue weighted by molar-refractivity contribution is -0.127. The molecule has 0 spiro atoms. The zero-order valence-electron chi connectivity index (χ0n) is 18.5. The molecule has 0 saturated carbocycles. The maximum absolute atomic E-state index is 13.0. The van der Waals surface area contributed by atoms with E-state index in [0.29, 0.717) is 5.75 Å². The molecule has 0 unspecified atom stereocenters. The fraction of sp³-hybridized carbons (Fsp3) is 0.296. The highest BCUT2D eigenvalue weighted by Gasteiger charge is 2.22. The fourth-order valence-corrected chi connectivity index (χ4v) is 3.31. The molecule has 1 N–H and O–H groups in total. The summed E-state index contributed by atoms with van der Waals surface area (Å²) in [6.07, 6.45) is -0.609. The fourth-order valence-electron chi connectivity index (χ4n) is 3.31. The van der Waals surface area contributed by atoms with Crippen LogP contribution in [0.25, 0.3) is 0 Å². The molecule has 0 radical (unpaired) electrons. The summed E-state index contributed by atoms with van der Waals surface area (Å²) in [5.74, 6) is 0.543. The van der Waals surface area contributed by atoms with E-state index in [1.807, 2.05) is 42.5 Å². The third-order valence-electron chi connectivity index (χ3n) is 5.23. The average molecular weight is 402 g/mol. The van der Waals surface area contributed by atoms with Crippen molar-refractivity contribution in [1.82, 2.24) is 5.32 Å². The number of amides is 1. The SMILES string of the molecule is Cc1ccc([C@@H](NC(=O)[C@H](C)Oc2ccc(C(C)(C)C)cc2)c2ccccc2)cc1. The lowest BCUT2D eigenvalue weighted by Gasteiger charge is -2.23. The highest BCUT2D eigenvalue weighted by molar-refractivity contribution is 5.81. The number of nitrogens with one attached hydrogen (secondary N) is 1. The van der Waals surface area contributed by atoms with E-state index in [0.717, 1.165) is 11.1 Å². The second-order valence-corrected chi connectivity index (χ2v) is 8.80. The molecule has 0 bridgehead atoms. The topological polar surface area (TPSA) is 38.3 Å². The molecule has 3 nitrogen and oxygen atoms in total. The van der Waals surface area contributed by atoms with Crippen molar-refractivity contribution in [3.05, 3.63) is 101 Å². The quantitative estimate of drug-likeness (QED) is 0.553. The predicted octanol–water partition coefficient (Wildman–Crippen LogP) is 5.97. The van der Waals surface area contributed by atoms with E-state index < -0.39 is 6.10 Å². The molecule has 1 amide bonds. The summed E-state index contributed by atoms with van der Waals surface area (Å²) in [6.45, 7) is 10.4. The monoisotopic (exact) mass is 401 g/mol. The summed E-state index contributed by atoms with van der Waals surface area (Å²) in [7, 11) is 0. The first-order valence-electron chi connectivity index (χ1n) is 10.4. The standard InChI is InChI=1S/C27H31NO2/c1-19-11-13-22(14-12-19)25(21-9-7-6-8-10-21)28-26(29)20(2)30-24-17-15-23(16-18-24)27(3,4)5/h6-18,20,25H,1-5H3,(H,28,29)/t20-,25-/m0/s1. The van der Waals surface area contributed by atoms with E-state index in [-0.39, 0.29) is 17.4 Å². The Morgan fingerprint density at radius 2 is 1.40 bits per heavy atom. The molecule has 3 heteroatoms. The molecule has 0 aliphatic carbocycles. The lowest BCUT2D eigenvalue weighted by atomic mass is 9.87. The molecule has 2 atom stereocenters. The second kappa shape index (κ2) is 9.17. The molecular weight excluding hydrogens is 370 g/mol. The number of aryl methyl sites for hydroxylation is 1. The first kappa shape index (κ1) is 21.6. The van der Waals surface area contributed by atoms with Crippen LogP contribution in [0.2, 0.25) is 0 Å². The van der Waals surface area contributed by atoms with Gasteiger partial charge >= 0.3 is 0 Å². The lowest BCUT2D eigenvalue weighted by Crippen LogP contribution is -2.39. The molecule has 0 aliphatic heterocycles. The van der Waals surface area contributed by atoms with E-state index in [2.05, 4.69) is 69.4 Å². The molecule has 3 aromatic rings. The minimum absolute atomic E-state index is 0.0818. The van der Waals surface area contributed by atoms with Crippen LogP contribution in [-0.4, -0.2) is 12.0 Å². The third kappa shape index (κ3) is 5.50. The van der Waals surface area contributed by atoms with E-state index in [1.54, 1.807) is 6.92 Å². The predicted molar refractivity (Wildman–Crippen MR) is 123 cm³/mol. The van der Waals surface area contributed by atoms with Crippen molar-refractivity contribution >= 4 is 5.91 Å². The Kier molecular flexibility index (Phi) is 6.61. The highest BCUT2D eigenvalue weighted by Crippen LogP contribution is 2.25. The van der Waals surface area contributed by atoms with Crippen LogP contribution in [-0.2, 0) is 10.2 Å². The van der Waals surface area contributed by atoms with Crippen LogP contribution in [0.5, 0.6) is 5.75 Å². The van der Waals surface area contributed by atoms with Gasteiger partial charge in [0, 0.05) is 0 Å². The minimum Gasteiger partial charge on any atom is -0.481 e. The van der Waals surface area contributed by atoms with Crippen molar-refractivity contribution in [2.75, 3.05) is 0 Å². The van der Waals surface area contributed by atoms with E-state index in [9.17, 15) is 4.79 Å². The minimum atomic E-state index is -0.609. The van der Waals surface area contributed by atoms with E-state index >= 15 is 0 Å². The normalized spacial score (nSPS) is 13.4. The maximum atomic E-state index is 13.0. The molecule has 0 aromatic heterocycles. The third-order valence-corrected chi connectivity index (χ3v) is 5.23. The van der Waals surface area contributed by atoms with Crippen molar-refractivity contribution in [2.45, 2.75) is 52.2 Å². The largest absolute Gasteiger partial charge is 0.481 e. The number of hydrogen-bond donors (Lipinski definition) is 1. The number of hydrogen-bond acceptors (Lipinski definition) is 2. The van der Waals surface area contributed by atoms with Gasteiger partial charge in [-0.3, -0.25) is 4.79 Å². The second-order valence-electron chi connectivity index (χ2n) is 8.80. The van der Waals surface area contributed by atoms with E-state index in [1.165, 1.54) is 11.1 Å². The smallest absolute Gasteiger partial charge is 0.261 e. The summed E-state index contributed by atoms with van der Waals surface area (Å²) in [5.41, 5.74) is 4.58. The van der Waals surface area contributed by atoms with Crippen molar-refractivity contribution in [3.63, 3.8) is 0 Å². The van der Waals surface area contributed by atoms with Gasteiger partial charge in [-0.2, -0.15) is 0 Å². The Morgan fingerprint density at radius 1 is 0.833 bits per heavy atom. The molecular formula is C27H31NO2.